The van der Waals surface area contributed by atoms with E-state index in [1.807, 2.05) is 0 Å². The number of rotatable bonds is 10. The van der Waals surface area contributed by atoms with E-state index in [4.69, 9.17) is 25.1 Å². The van der Waals surface area contributed by atoms with Gasteiger partial charge >= 0.3 is 17.9 Å². The highest BCUT2D eigenvalue weighted by Gasteiger charge is 2.51. The lowest BCUT2D eigenvalue weighted by atomic mass is 10.1. The van der Waals surface area contributed by atoms with Crippen LogP contribution >= 0.6 is 0 Å². The Hall–Kier alpha value is -1.67. The topological polar surface area (TPSA) is 97.4 Å². The van der Waals surface area contributed by atoms with E-state index in [0.29, 0.717) is 13.5 Å². The standard InChI is InChI=1S/C17H28O8/c1-5-6-7-8-9-21-10-14-15(22-11(2)18)16(23-12(3)19)17(25-14)24-13(4)20/h14-17H,5-10H2,1-4H3/t14-,15-,16-,17?/m1/s1/i1D. The lowest BCUT2D eigenvalue weighted by Crippen LogP contribution is -2.41. The van der Waals surface area contributed by atoms with Crippen LogP contribution in [0.15, 0.2) is 0 Å². The summed E-state index contributed by atoms with van der Waals surface area (Å²) in [6.45, 7) is 4.66. The van der Waals surface area contributed by atoms with Crippen LogP contribution in [0.2, 0.25) is 0 Å². The molecule has 1 aliphatic rings. The molecule has 0 bridgehead atoms. The lowest BCUT2D eigenvalue weighted by Gasteiger charge is -2.22. The van der Waals surface area contributed by atoms with Gasteiger partial charge in [-0.25, -0.2) is 0 Å². The van der Waals surface area contributed by atoms with Crippen molar-refractivity contribution in [2.24, 2.45) is 0 Å². The minimum absolute atomic E-state index is 0.103. The second-order valence-corrected chi connectivity index (χ2v) is 5.79. The minimum atomic E-state index is -1.16. The van der Waals surface area contributed by atoms with Crippen LogP contribution in [-0.2, 0) is 38.1 Å². The second kappa shape index (κ2) is 11.0. The second-order valence-electron chi connectivity index (χ2n) is 5.79. The number of esters is 3. The Morgan fingerprint density at radius 2 is 1.56 bits per heavy atom. The van der Waals surface area contributed by atoms with Crippen LogP contribution in [0.4, 0.5) is 0 Å². The zero-order chi connectivity index (χ0) is 19.5. The van der Waals surface area contributed by atoms with Gasteiger partial charge in [-0.15, -0.1) is 0 Å². The zero-order valence-corrected chi connectivity index (χ0v) is 15.0. The fourth-order valence-electron chi connectivity index (χ4n) is 2.49. The van der Waals surface area contributed by atoms with Gasteiger partial charge in [0.1, 0.15) is 6.10 Å². The molecule has 25 heavy (non-hydrogen) atoms. The van der Waals surface area contributed by atoms with E-state index in [2.05, 4.69) is 0 Å². The lowest BCUT2D eigenvalue weighted by molar-refractivity contribution is -0.197. The fourth-order valence-corrected chi connectivity index (χ4v) is 2.49. The van der Waals surface area contributed by atoms with E-state index >= 15 is 0 Å². The normalized spacial score (nSPS) is 26.0. The molecule has 0 N–H and O–H groups in total. The van der Waals surface area contributed by atoms with E-state index in [-0.39, 0.29) is 6.61 Å². The quantitative estimate of drug-likeness (QED) is 0.330. The first kappa shape index (κ1) is 19.7. The maximum atomic E-state index is 11.4. The van der Waals surface area contributed by atoms with Gasteiger partial charge in [-0.3, -0.25) is 14.4 Å². The molecule has 0 aliphatic carbocycles. The van der Waals surface area contributed by atoms with Crippen LogP contribution in [0, 0.1) is 0 Å². The highest BCUT2D eigenvalue weighted by atomic mass is 16.7. The van der Waals surface area contributed by atoms with Crippen molar-refractivity contribution in [1.29, 1.82) is 0 Å². The largest absolute Gasteiger partial charge is 0.455 e. The Labute approximate surface area is 149 Å². The Bertz CT molecular complexity index is 470. The molecule has 144 valence electrons. The number of ether oxygens (including phenoxy) is 5. The first-order valence-corrected chi connectivity index (χ1v) is 8.39. The van der Waals surface area contributed by atoms with E-state index in [9.17, 15) is 14.4 Å². The Morgan fingerprint density at radius 1 is 0.920 bits per heavy atom. The molecule has 4 atom stereocenters. The highest BCUT2D eigenvalue weighted by Crippen LogP contribution is 2.28. The van der Waals surface area contributed by atoms with E-state index in [0.717, 1.165) is 25.7 Å². The average molecular weight is 361 g/mol. The summed E-state index contributed by atoms with van der Waals surface area (Å²) in [6, 6.07) is 0. The van der Waals surface area contributed by atoms with Gasteiger partial charge < -0.3 is 23.7 Å². The third-order valence-electron chi connectivity index (χ3n) is 3.47. The van der Waals surface area contributed by atoms with Crippen LogP contribution in [-0.4, -0.2) is 55.7 Å². The van der Waals surface area contributed by atoms with Gasteiger partial charge in [-0.2, -0.15) is 0 Å². The van der Waals surface area contributed by atoms with Crippen molar-refractivity contribution in [2.45, 2.75) is 78.0 Å². The van der Waals surface area contributed by atoms with Gasteiger partial charge in [0.05, 0.1) is 6.61 Å². The van der Waals surface area contributed by atoms with Crippen molar-refractivity contribution < 1.29 is 39.4 Å². The maximum Gasteiger partial charge on any atom is 0.305 e. The number of carbonyl (C=O) groups excluding carboxylic acids is 3. The molecule has 8 heteroatoms. The molecule has 1 saturated heterocycles. The Kier molecular flexibility index (Phi) is 8.68. The van der Waals surface area contributed by atoms with Crippen LogP contribution in [0.25, 0.3) is 0 Å². The van der Waals surface area contributed by atoms with Crippen molar-refractivity contribution in [3.63, 3.8) is 0 Å². The number of unbranched alkanes of at least 4 members (excludes halogenated alkanes) is 3. The molecule has 0 spiro atoms. The molecule has 1 unspecified atom stereocenters. The molecule has 0 saturated carbocycles. The minimum Gasteiger partial charge on any atom is -0.455 e. The van der Waals surface area contributed by atoms with E-state index in [1.165, 1.54) is 20.8 Å². The molecule has 1 heterocycles. The monoisotopic (exact) mass is 361 g/mol. The highest BCUT2D eigenvalue weighted by molar-refractivity contribution is 5.68. The van der Waals surface area contributed by atoms with Gasteiger partial charge in [0.2, 0.25) is 12.4 Å². The first-order chi connectivity index (χ1) is 12.3. The molecule has 1 aliphatic heterocycles. The first-order valence-electron chi connectivity index (χ1n) is 9.10. The van der Waals surface area contributed by atoms with Gasteiger partial charge in [-0.1, -0.05) is 26.2 Å². The molecule has 0 aromatic heterocycles. The smallest absolute Gasteiger partial charge is 0.305 e. The summed E-state index contributed by atoms with van der Waals surface area (Å²) >= 11 is 0. The van der Waals surface area contributed by atoms with Crippen LogP contribution < -0.4 is 0 Å². The van der Waals surface area contributed by atoms with Gasteiger partial charge in [0.25, 0.3) is 0 Å². The summed E-state index contributed by atoms with van der Waals surface area (Å²) in [5.74, 6) is -1.78. The molecular formula is C17H28O8. The van der Waals surface area contributed by atoms with Gasteiger partial charge in [0.15, 0.2) is 6.10 Å². The van der Waals surface area contributed by atoms with Crippen molar-refractivity contribution in [2.75, 3.05) is 13.2 Å². The summed E-state index contributed by atoms with van der Waals surface area (Å²) in [7, 11) is 0. The molecule has 0 aromatic rings. The van der Waals surface area contributed by atoms with Crippen LogP contribution in [0.3, 0.4) is 0 Å². The van der Waals surface area contributed by atoms with Crippen molar-refractivity contribution in [3.05, 3.63) is 0 Å². The Morgan fingerprint density at radius 3 is 2.16 bits per heavy atom. The molecule has 0 aromatic carbocycles. The molecule has 1 fully saturated rings. The number of hydrogen-bond acceptors (Lipinski definition) is 8. The molecule has 0 radical (unpaired) electrons. The summed E-state index contributed by atoms with van der Waals surface area (Å²) in [5, 5.41) is 0. The van der Waals surface area contributed by atoms with Crippen molar-refractivity contribution >= 4 is 17.9 Å². The SMILES string of the molecule is [2H]CCCCCCOC[C@H]1OC(OC(C)=O)[C@H](OC(C)=O)[C@@H]1OC(C)=O. The third kappa shape index (κ3) is 7.83. The van der Waals surface area contributed by atoms with E-state index < -0.39 is 42.5 Å². The molecule has 1 rings (SSSR count). The van der Waals surface area contributed by atoms with Crippen LogP contribution in [0.5, 0.6) is 0 Å². The maximum absolute atomic E-state index is 11.4. The molecule has 0 amide bonds. The summed E-state index contributed by atoms with van der Waals surface area (Å²) in [4.78, 5) is 34.0. The van der Waals surface area contributed by atoms with Crippen LogP contribution in [0.1, 0.15) is 54.7 Å². The van der Waals surface area contributed by atoms with Crippen molar-refractivity contribution in [3.8, 4) is 0 Å². The van der Waals surface area contributed by atoms with Crippen molar-refractivity contribution in [1.82, 2.24) is 0 Å². The summed E-state index contributed by atoms with van der Waals surface area (Å²) < 4.78 is 33.7. The zero-order valence-electron chi connectivity index (χ0n) is 16.0. The third-order valence-corrected chi connectivity index (χ3v) is 3.47. The summed E-state index contributed by atoms with van der Waals surface area (Å²) in [5.41, 5.74) is 0. The fraction of sp³-hybridized carbons (Fsp3) is 0.824. The predicted octanol–water partition coefficient (Wildman–Crippen LogP) is 1.73. The van der Waals surface area contributed by atoms with Gasteiger partial charge in [-0.05, 0) is 6.42 Å². The number of hydrogen-bond donors (Lipinski definition) is 0. The number of carbonyl (C=O) groups is 3. The Balaban J connectivity index is 2.63. The molecule has 8 nitrogen and oxygen atoms in total. The molecular weight excluding hydrogens is 332 g/mol. The summed E-state index contributed by atoms with van der Waals surface area (Å²) in [6.07, 6.45) is -0.210. The predicted molar refractivity (Wildman–Crippen MR) is 86.5 cm³/mol. The van der Waals surface area contributed by atoms with E-state index in [1.54, 1.807) is 0 Å². The van der Waals surface area contributed by atoms with Gasteiger partial charge in [0, 0.05) is 28.7 Å². The average Bonchev–Trinajstić information content (AvgIpc) is 2.82.